The fourth-order valence-electron chi connectivity index (χ4n) is 3.08. The Morgan fingerprint density at radius 1 is 1.21 bits per heavy atom. The summed E-state index contributed by atoms with van der Waals surface area (Å²) in [7, 11) is 0. The molecule has 1 fully saturated rings. The summed E-state index contributed by atoms with van der Waals surface area (Å²) in [4.78, 5) is 24.8. The van der Waals surface area contributed by atoms with Crippen molar-refractivity contribution >= 4 is 40.8 Å². The molecule has 0 aliphatic carbocycles. The fourth-order valence-corrected chi connectivity index (χ4v) is 3.99. The maximum absolute atomic E-state index is 14.0. The summed E-state index contributed by atoms with van der Waals surface area (Å²) in [5, 5.41) is 3.71. The molecule has 156 valence electrons. The second-order valence-corrected chi connectivity index (χ2v) is 8.08. The topological polar surface area (TPSA) is 61.4 Å². The van der Waals surface area contributed by atoms with Crippen LogP contribution in [0.25, 0.3) is 0 Å². The van der Waals surface area contributed by atoms with Crippen LogP contribution in [-0.4, -0.2) is 54.4 Å². The number of hydrogen-bond acceptors (Lipinski definition) is 6. The first-order chi connectivity index (χ1) is 14.1. The molecule has 0 saturated carbocycles. The van der Waals surface area contributed by atoms with Crippen molar-refractivity contribution in [2.24, 2.45) is 0 Å². The lowest BCUT2D eigenvalue weighted by molar-refractivity contribution is -0.118. The molecule has 1 amide bonds. The van der Waals surface area contributed by atoms with E-state index in [2.05, 4.69) is 27.1 Å². The molecule has 1 aliphatic heterocycles. The average Bonchev–Trinajstić information content (AvgIpc) is 2.73. The fraction of sp³-hybridized carbons (Fsp3) is 0.450. The van der Waals surface area contributed by atoms with Gasteiger partial charge in [0.15, 0.2) is 5.16 Å². The van der Waals surface area contributed by atoms with Gasteiger partial charge in [0.2, 0.25) is 5.91 Å². The number of thioether (sulfide) groups is 1. The maximum atomic E-state index is 14.0. The zero-order chi connectivity index (χ0) is 20.6. The Bertz CT molecular complexity index is 832. The lowest BCUT2D eigenvalue weighted by atomic mass is 10.2. The van der Waals surface area contributed by atoms with Crippen molar-refractivity contribution in [3.05, 3.63) is 41.3 Å². The van der Waals surface area contributed by atoms with Crippen molar-refractivity contribution in [1.82, 2.24) is 15.3 Å². The van der Waals surface area contributed by atoms with Gasteiger partial charge >= 0.3 is 0 Å². The monoisotopic (exact) mass is 437 g/mol. The number of aromatic nitrogens is 2. The molecule has 3 rings (SSSR count). The van der Waals surface area contributed by atoms with Gasteiger partial charge in [0.25, 0.3) is 0 Å². The summed E-state index contributed by atoms with van der Waals surface area (Å²) in [5.74, 6) is 0.742. The molecule has 0 atom stereocenters. The largest absolute Gasteiger partial charge is 0.366 e. The molecule has 9 heteroatoms. The summed E-state index contributed by atoms with van der Waals surface area (Å²) in [6.07, 6.45) is 2.01. The molecular formula is C20H25ClFN5OS. The lowest BCUT2D eigenvalue weighted by Crippen LogP contribution is -2.47. The zero-order valence-corrected chi connectivity index (χ0v) is 18.0. The van der Waals surface area contributed by atoms with Gasteiger partial charge in [-0.1, -0.05) is 48.8 Å². The Morgan fingerprint density at radius 2 is 1.93 bits per heavy atom. The highest BCUT2D eigenvalue weighted by molar-refractivity contribution is 7.99. The quantitative estimate of drug-likeness (QED) is 0.294. The molecule has 1 saturated heterocycles. The number of amides is 1. The number of halogens is 2. The molecule has 0 unspecified atom stereocenters. The van der Waals surface area contributed by atoms with Crippen molar-refractivity contribution in [1.29, 1.82) is 0 Å². The van der Waals surface area contributed by atoms with E-state index in [1.807, 2.05) is 11.0 Å². The van der Waals surface area contributed by atoms with E-state index < -0.39 is 0 Å². The SMILES string of the molecule is CCCCNC(=O)CSc1nc(Cl)cc(N2CCN(c3ccccc3F)CC2)n1. The number of para-hydroxylation sites is 1. The summed E-state index contributed by atoms with van der Waals surface area (Å²) in [6.45, 7) is 5.53. The van der Waals surface area contributed by atoms with Crippen LogP contribution in [0.3, 0.4) is 0 Å². The molecule has 0 radical (unpaired) electrons. The minimum absolute atomic E-state index is 0.0351. The van der Waals surface area contributed by atoms with Crippen LogP contribution in [0.1, 0.15) is 19.8 Å². The summed E-state index contributed by atoms with van der Waals surface area (Å²) in [5.41, 5.74) is 0.623. The molecule has 29 heavy (non-hydrogen) atoms. The van der Waals surface area contributed by atoms with Gasteiger partial charge in [0.05, 0.1) is 11.4 Å². The second-order valence-electron chi connectivity index (χ2n) is 6.75. The molecule has 6 nitrogen and oxygen atoms in total. The predicted octanol–water partition coefficient (Wildman–Crippen LogP) is 3.60. The van der Waals surface area contributed by atoms with E-state index >= 15 is 0 Å². The van der Waals surface area contributed by atoms with Gasteiger partial charge in [-0.05, 0) is 18.6 Å². The number of nitrogens with one attached hydrogen (secondary N) is 1. The number of anilines is 2. The Labute approximate surface area is 179 Å². The minimum atomic E-state index is -0.207. The van der Waals surface area contributed by atoms with Crippen molar-refractivity contribution in [3.8, 4) is 0 Å². The number of carbonyl (C=O) groups excluding carboxylic acids is 1. The molecule has 2 heterocycles. The average molecular weight is 438 g/mol. The molecule has 2 aromatic rings. The van der Waals surface area contributed by atoms with Gasteiger partial charge in [-0.15, -0.1) is 0 Å². The number of hydrogen-bond donors (Lipinski definition) is 1. The summed E-state index contributed by atoms with van der Waals surface area (Å²) >= 11 is 7.45. The standard InChI is InChI=1S/C20H25ClFN5OS/c1-2-3-8-23-19(28)14-29-20-24-17(21)13-18(25-20)27-11-9-26(10-12-27)16-7-5-4-6-15(16)22/h4-7,13H,2-3,8-12,14H2,1H3,(H,23,28). The molecular weight excluding hydrogens is 413 g/mol. The first-order valence-corrected chi connectivity index (χ1v) is 11.1. The van der Waals surface area contributed by atoms with E-state index in [0.717, 1.165) is 18.7 Å². The van der Waals surface area contributed by atoms with Gasteiger partial charge in [-0.25, -0.2) is 14.4 Å². The third kappa shape index (κ3) is 6.21. The Kier molecular flexibility index (Phi) is 7.94. The van der Waals surface area contributed by atoms with E-state index in [9.17, 15) is 9.18 Å². The zero-order valence-electron chi connectivity index (χ0n) is 16.4. The van der Waals surface area contributed by atoms with Crippen LogP contribution in [0.4, 0.5) is 15.9 Å². The third-order valence-electron chi connectivity index (χ3n) is 4.64. The van der Waals surface area contributed by atoms with E-state index in [0.29, 0.717) is 48.7 Å². The van der Waals surface area contributed by atoms with Gasteiger partial charge in [0.1, 0.15) is 16.8 Å². The minimum Gasteiger partial charge on any atom is -0.366 e. The van der Waals surface area contributed by atoms with Crippen LogP contribution >= 0.6 is 23.4 Å². The van der Waals surface area contributed by atoms with Crippen molar-refractivity contribution in [2.75, 3.05) is 48.3 Å². The van der Waals surface area contributed by atoms with Gasteiger partial charge in [-0.2, -0.15) is 0 Å². The smallest absolute Gasteiger partial charge is 0.230 e. The normalized spacial score (nSPS) is 14.2. The van der Waals surface area contributed by atoms with Crippen LogP contribution < -0.4 is 15.1 Å². The number of unbranched alkanes of at least 4 members (excludes halogenated alkanes) is 1. The third-order valence-corrected chi connectivity index (χ3v) is 5.68. The van der Waals surface area contributed by atoms with E-state index in [4.69, 9.17) is 11.6 Å². The first kappa shape index (κ1) is 21.6. The van der Waals surface area contributed by atoms with E-state index in [1.165, 1.54) is 17.8 Å². The van der Waals surface area contributed by atoms with Gasteiger partial charge < -0.3 is 15.1 Å². The molecule has 1 aromatic heterocycles. The predicted molar refractivity (Wildman–Crippen MR) is 117 cm³/mol. The molecule has 0 spiro atoms. The Hall–Kier alpha value is -2.06. The van der Waals surface area contributed by atoms with Crippen LogP contribution in [0.5, 0.6) is 0 Å². The molecule has 1 N–H and O–H groups in total. The number of benzene rings is 1. The molecule has 0 bridgehead atoms. The Balaban J connectivity index is 1.57. The Morgan fingerprint density at radius 3 is 2.66 bits per heavy atom. The summed E-state index contributed by atoms with van der Waals surface area (Å²) in [6, 6.07) is 8.55. The lowest BCUT2D eigenvalue weighted by Gasteiger charge is -2.36. The van der Waals surface area contributed by atoms with Gasteiger partial charge in [-0.3, -0.25) is 4.79 Å². The molecule has 1 aliphatic rings. The highest BCUT2D eigenvalue weighted by Crippen LogP contribution is 2.25. The van der Waals surface area contributed by atoms with Crippen molar-refractivity contribution < 1.29 is 9.18 Å². The molecule has 1 aromatic carbocycles. The van der Waals surface area contributed by atoms with Crippen molar-refractivity contribution in [2.45, 2.75) is 24.9 Å². The number of nitrogens with zero attached hydrogens (tertiary/aromatic N) is 4. The highest BCUT2D eigenvalue weighted by atomic mass is 35.5. The van der Waals surface area contributed by atoms with E-state index in [1.54, 1.807) is 18.2 Å². The second kappa shape index (κ2) is 10.6. The maximum Gasteiger partial charge on any atom is 0.230 e. The summed E-state index contributed by atoms with van der Waals surface area (Å²) < 4.78 is 14.0. The van der Waals surface area contributed by atoms with Crippen LogP contribution in [0.15, 0.2) is 35.5 Å². The van der Waals surface area contributed by atoms with Gasteiger partial charge in [0, 0.05) is 38.8 Å². The van der Waals surface area contributed by atoms with Crippen LogP contribution in [0, 0.1) is 5.82 Å². The van der Waals surface area contributed by atoms with Crippen LogP contribution in [-0.2, 0) is 4.79 Å². The first-order valence-electron chi connectivity index (χ1n) is 9.75. The number of piperazine rings is 1. The van der Waals surface area contributed by atoms with Crippen molar-refractivity contribution in [3.63, 3.8) is 0 Å². The van der Waals surface area contributed by atoms with Crippen LogP contribution in [0.2, 0.25) is 5.15 Å². The number of carbonyl (C=O) groups is 1. The highest BCUT2D eigenvalue weighted by Gasteiger charge is 2.21. The van der Waals surface area contributed by atoms with E-state index in [-0.39, 0.29) is 17.5 Å². The number of rotatable bonds is 8.